The van der Waals surface area contributed by atoms with Crippen molar-refractivity contribution in [3.63, 3.8) is 0 Å². The van der Waals surface area contributed by atoms with Gasteiger partial charge in [-0.15, -0.1) is 0 Å². The number of ether oxygens (including phenoxy) is 2. The van der Waals surface area contributed by atoms with E-state index in [9.17, 15) is 57.9 Å². The number of hydrogen-bond donors (Lipinski definition) is 0. The Bertz CT molecular complexity index is 729. The van der Waals surface area contributed by atoms with Gasteiger partial charge in [-0.1, -0.05) is 27.7 Å². The second-order valence-corrected chi connectivity index (χ2v) is 8.92. The molecule has 1 atom stereocenters. The van der Waals surface area contributed by atoms with E-state index < -0.39 is 72.8 Å². The maximum absolute atomic E-state index is 14.4. The van der Waals surface area contributed by atoms with Gasteiger partial charge in [-0.05, 0) is 11.8 Å². The summed E-state index contributed by atoms with van der Waals surface area (Å²) in [5.41, 5.74) is -6.70. The van der Waals surface area contributed by atoms with Gasteiger partial charge in [0.05, 0.1) is 12.3 Å². The first-order chi connectivity index (χ1) is 14.4. The van der Waals surface area contributed by atoms with Crippen molar-refractivity contribution in [2.75, 3.05) is 13.2 Å². The fourth-order valence-electron chi connectivity index (χ4n) is 3.10. The number of esters is 2. The lowest BCUT2D eigenvalue weighted by Gasteiger charge is -2.52. The summed E-state index contributed by atoms with van der Waals surface area (Å²) >= 11 is 0. The number of alkyl halides is 11. The van der Waals surface area contributed by atoms with Crippen LogP contribution in [0.1, 0.15) is 40.5 Å². The molecule has 15 heteroatoms. The van der Waals surface area contributed by atoms with E-state index >= 15 is 0 Å². The van der Waals surface area contributed by atoms with Crippen LogP contribution < -0.4 is 0 Å². The normalized spacial score (nSPS) is 25.1. The van der Waals surface area contributed by atoms with E-state index in [1.54, 1.807) is 20.8 Å². The van der Waals surface area contributed by atoms with Gasteiger partial charge in [-0.3, -0.25) is 9.59 Å². The quantitative estimate of drug-likeness (QED) is 0.339. The Balaban J connectivity index is 2.92. The molecule has 0 N–H and O–H groups in total. The summed E-state index contributed by atoms with van der Waals surface area (Å²) in [6, 6.07) is 0. The molecule has 4 nitrogen and oxygen atoms in total. The van der Waals surface area contributed by atoms with Crippen LogP contribution in [0.2, 0.25) is 0 Å². The van der Waals surface area contributed by atoms with Crippen molar-refractivity contribution >= 4 is 11.9 Å². The van der Waals surface area contributed by atoms with Crippen molar-refractivity contribution in [2.45, 2.75) is 75.8 Å². The van der Waals surface area contributed by atoms with Crippen LogP contribution in [0.15, 0.2) is 0 Å². The Morgan fingerprint density at radius 3 is 1.52 bits per heavy atom. The largest absolute Gasteiger partial charge is 0.465 e. The molecular weight excluding hydrogens is 489 g/mol. The van der Waals surface area contributed by atoms with Crippen LogP contribution in [0, 0.1) is 11.3 Å². The summed E-state index contributed by atoms with van der Waals surface area (Å²) < 4.78 is 157. The highest BCUT2D eigenvalue weighted by Crippen LogP contribution is 2.69. The third-order valence-corrected chi connectivity index (χ3v) is 4.88. The Morgan fingerprint density at radius 2 is 1.12 bits per heavy atom. The lowest BCUT2D eigenvalue weighted by atomic mass is 9.72. The van der Waals surface area contributed by atoms with Crippen molar-refractivity contribution in [2.24, 2.45) is 11.3 Å². The molecule has 0 aromatic rings. The Labute approximate surface area is 180 Å². The fraction of sp³-hybridized carbons (Fsp3) is 0.889. The standard InChI is InChI=1S/C18H21F11O4/c1-9(7-12(2,3)4)11(31)32-6-5-10(30)33-8-13(19)14(20,21)16(24,25)18(28,29)17(26,27)15(13,22)23/h9H,5-8H2,1-4H3. The smallest absolute Gasteiger partial charge is 0.384 e. The molecule has 1 unspecified atom stereocenters. The molecule has 1 rings (SSSR count). The van der Waals surface area contributed by atoms with E-state index in [-0.39, 0.29) is 5.41 Å². The lowest BCUT2D eigenvalue weighted by molar-refractivity contribution is -0.487. The number of carbonyl (C=O) groups is 2. The zero-order chi connectivity index (χ0) is 26.5. The van der Waals surface area contributed by atoms with Gasteiger partial charge >= 0.3 is 41.6 Å². The van der Waals surface area contributed by atoms with E-state index in [4.69, 9.17) is 0 Å². The fourth-order valence-corrected chi connectivity index (χ4v) is 3.10. The monoisotopic (exact) mass is 510 g/mol. The van der Waals surface area contributed by atoms with Gasteiger partial charge in [0.2, 0.25) is 0 Å². The van der Waals surface area contributed by atoms with Crippen LogP contribution in [0.25, 0.3) is 0 Å². The molecule has 0 amide bonds. The van der Waals surface area contributed by atoms with Crippen LogP contribution >= 0.6 is 0 Å². The molecule has 0 radical (unpaired) electrons. The molecule has 1 aliphatic carbocycles. The first-order valence-electron chi connectivity index (χ1n) is 9.31. The third kappa shape index (κ3) is 4.47. The van der Waals surface area contributed by atoms with Gasteiger partial charge in [0.1, 0.15) is 13.2 Å². The van der Waals surface area contributed by atoms with Crippen LogP contribution in [-0.2, 0) is 19.1 Å². The average molecular weight is 510 g/mol. The number of hydrogen-bond acceptors (Lipinski definition) is 4. The van der Waals surface area contributed by atoms with Crippen LogP contribution in [0.4, 0.5) is 48.3 Å². The molecule has 1 aliphatic rings. The minimum atomic E-state index is -7.34. The second-order valence-electron chi connectivity index (χ2n) is 8.92. The SMILES string of the molecule is CC(CC(C)(C)C)C(=O)OCCC(=O)OCC1(F)C(F)(F)C(F)(F)C(F)(F)C(F)(F)C1(F)F. The maximum atomic E-state index is 14.4. The molecule has 33 heavy (non-hydrogen) atoms. The minimum absolute atomic E-state index is 0.301. The average Bonchev–Trinajstić information content (AvgIpc) is 2.62. The molecule has 0 aliphatic heterocycles. The zero-order valence-corrected chi connectivity index (χ0v) is 17.7. The molecule has 1 fully saturated rings. The highest BCUT2D eigenvalue weighted by Gasteiger charge is 3.01. The predicted molar refractivity (Wildman–Crippen MR) is 88.3 cm³/mol. The van der Waals surface area contributed by atoms with Crippen molar-refractivity contribution in [3.05, 3.63) is 0 Å². The third-order valence-electron chi connectivity index (χ3n) is 4.88. The van der Waals surface area contributed by atoms with E-state index in [1.807, 2.05) is 0 Å². The van der Waals surface area contributed by atoms with Crippen molar-refractivity contribution in [1.29, 1.82) is 0 Å². The molecular formula is C18H21F11O4. The predicted octanol–water partition coefficient (Wildman–Crippen LogP) is 5.43. The van der Waals surface area contributed by atoms with E-state index in [2.05, 4.69) is 9.47 Å². The zero-order valence-electron chi connectivity index (χ0n) is 17.7. The summed E-state index contributed by atoms with van der Waals surface area (Å²) in [6.45, 7) is 2.88. The topological polar surface area (TPSA) is 52.6 Å². The van der Waals surface area contributed by atoms with Crippen LogP contribution in [0.3, 0.4) is 0 Å². The van der Waals surface area contributed by atoms with Crippen molar-refractivity contribution in [3.8, 4) is 0 Å². The van der Waals surface area contributed by atoms with Gasteiger partial charge in [-0.25, -0.2) is 4.39 Å². The van der Waals surface area contributed by atoms with Gasteiger partial charge in [0.25, 0.3) is 5.67 Å². The molecule has 0 spiro atoms. The van der Waals surface area contributed by atoms with Crippen LogP contribution in [0.5, 0.6) is 0 Å². The molecule has 0 bridgehead atoms. The van der Waals surface area contributed by atoms with Crippen molar-refractivity contribution in [1.82, 2.24) is 0 Å². The Morgan fingerprint density at radius 1 is 0.727 bits per heavy atom. The summed E-state index contributed by atoms with van der Waals surface area (Å²) in [7, 11) is 0. The number of carbonyl (C=O) groups excluding carboxylic acids is 2. The van der Waals surface area contributed by atoms with Crippen LogP contribution in [-0.4, -0.2) is 60.4 Å². The second kappa shape index (κ2) is 8.43. The lowest BCUT2D eigenvalue weighted by Crippen LogP contribution is -2.84. The first kappa shape index (κ1) is 29.2. The Hall–Kier alpha value is -1.83. The summed E-state index contributed by atoms with van der Waals surface area (Å²) in [4.78, 5) is 23.2. The summed E-state index contributed by atoms with van der Waals surface area (Å²) in [5, 5.41) is 0. The molecule has 0 aromatic heterocycles. The van der Waals surface area contributed by atoms with Gasteiger partial charge in [0.15, 0.2) is 0 Å². The first-order valence-corrected chi connectivity index (χ1v) is 9.31. The van der Waals surface area contributed by atoms with Gasteiger partial charge < -0.3 is 9.47 Å². The molecule has 194 valence electrons. The molecule has 0 aromatic carbocycles. The minimum Gasteiger partial charge on any atom is -0.465 e. The number of halogens is 11. The highest BCUT2D eigenvalue weighted by atomic mass is 19.4. The van der Waals surface area contributed by atoms with Crippen molar-refractivity contribution < 1.29 is 67.4 Å². The van der Waals surface area contributed by atoms with Gasteiger partial charge in [-0.2, -0.15) is 43.9 Å². The van der Waals surface area contributed by atoms with E-state index in [0.717, 1.165) is 0 Å². The van der Waals surface area contributed by atoms with E-state index in [1.165, 1.54) is 6.92 Å². The molecule has 0 heterocycles. The maximum Gasteiger partial charge on any atom is 0.384 e. The number of rotatable bonds is 7. The molecule has 0 saturated heterocycles. The van der Waals surface area contributed by atoms with E-state index in [0.29, 0.717) is 6.42 Å². The van der Waals surface area contributed by atoms with Gasteiger partial charge in [0, 0.05) is 0 Å². The Kier molecular flexibility index (Phi) is 7.46. The summed E-state index contributed by atoms with van der Waals surface area (Å²) in [6.07, 6.45) is -0.762. The molecule has 1 saturated carbocycles. The highest BCUT2D eigenvalue weighted by molar-refractivity contribution is 5.73. The summed E-state index contributed by atoms with van der Waals surface area (Å²) in [5.74, 6) is -39.5.